The SMILES string of the molecule is CCCCOC(=O)N1CCN(C(=O)[C@H](CCC(=O)OC(C)(C)C)NC(=O)c2cc(OC3CCNCC3)cc(-c3ccccc3)n2)CC1. The minimum Gasteiger partial charge on any atom is -0.490 e. The van der Waals surface area contributed by atoms with Crippen LogP contribution in [0.15, 0.2) is 42.5 Å². The highest BCUT2D eigenvalue weighted by Crippen LogP contribution is 2.26. The number of hydrogen-bond acceptors (Lipinski definition) is 9. The van der Waals surface area contributed by atoms with Crippen molar-refractivity contribution < 1.29 is 33.4 Å². The second-order valence-electron chi connectivity index (χ2n) is 12.9. The maximum Gasteiger partial charge on any atom is 0.409 e. The fraction of sp³-hybridized carbons (Fsp3) is 0.571. The van der Waals surface area contributed by atoms with E-state index in [9.17, 15) is 19.2 Å². The molecule has 2 fully saturated rings. The van der Waals surface area contributed by atoms with E-state index in [0.717, 1.165) is 44.3 Å². The number of carbonyl (C=O) groups excluding carboxylic acids is 4. The van der Waals surface area contributed by atoms with Crippen molar-refractivity contribution in [1.29, 1.82) is 0 Å². The molecule has 12 heteroatoms. The van der Waals surface area contributed by atoms with E-state index < -0.39 is 29.6 Å². The lowest BCUT2D eigenvalue weighted by Gasteiger charge is -2.36. The van der Waals surface area contributed by atoms with Crippen molar-refractivity contribution in [1.82, 2.24) is 25.4 Å². The number of unbranched alkanes of at least 4 members (excludes halogenated alkanes) is 1. The number of benzene rings is 1. The van der Waals surface area contributed by atoms with Gasteiger partial charge in [-0.25, -0.2) is 9.78 Å². The molecule has 2 aliphatic rings. The maximum atomic E-state index is 13.8. The Hall–Kier alpha value is -4.19. The van der Waals surface area contributed by atoms with E-state index in [-0.39, 0.29) is 43.6 Å². The summed E-state index contributed by atoms with van der Waals surface area (Å²) in [4.78, 5) is 60.5. The highest BCUT2D eigenvalue weighted by molar-refractivity contribution is 5.97. The first-order chi connectivity index (χ1) is 22.5. The molecular formula is C35H49N5O7. The summed E-state index contributed by atoms with van der Waals surface area (Å²) >= 11 is 0. The molecule has 0 aliphatic carbocycles. The van der Waals surface area contributed by atoms with Crippen LogP contribution in [-0.2, 0) is 19.1 Å². The van der Waals surface area contributed by atoms with Crippen LogP contribution in [0.25, 0.3) is 11.3 Å². The highest BCUT2D eigenvalue weighted by atomic mass is 16.6. The van der Waals surface area contributed by atoms with Gasteiger partial charge < -0.3 is 34.6 Å². The van der Waals surface area contributed by atoms with Crippen molar-refractivity contribution in [2.45, 2.75) is 84.0 Å². The zero-order valence-corrected chi connectivity index (χ0v) is 28.1. The lowest BCUT2D eigenvalue weighted by atomic mass is 10.1. The van der Waals surface area contributed by atoms with Crippen molar-refractivity contribution in [3.05, 3.63) is 48.2 Å². The van der Waals surface area contributed by atoms with E-state index in [1.54, 1.807) is 36.6 Å². The molecule has 0 spiro atoms. The molecule has 0 saturated carbocycles. The first kappa shape index (κ1) is 35.7. The molecule has 2 aliphatic heterocycles. The molecule has 0 bridgehead atoms. The van der Waals surface area contributed by atoms with E-state index in [0.29, 0.717) is 31.1 Å². The molecule has 1 aromatic carbocycles. The summed E-state index contributed by atoms with van der Waals surface area (Å²) in [5, 5.41) is 6.18. The van der Waals surface area contributed by atoms with E-state index >= 15 is 0 Å². The van der Waals surface area contributed by atoms with Gasteiger partial charge in [0.05, 0.1) is 12.3 Å². The third-order valence-corrected chi connectivity index (χ3v) is 7.92. The summed E-state index contributed by atoms with van der Waals surface area (Å²) in [6, 6.07) is 11.9. The Labute approximate surface area is 277 Å². The zero-order valence-electron chi connectivity index (χ0n) is 28.1. The summed E-state index contributed by atoms with van der Waals surface area (Å²) < 4.78 is 17.1. The predicted molar refractivity (Wildman–Crippen MR) is 177 cm³/mol. The Morgan fingerprint density at radius 1 is 1.00 bits per heavy atom. The van der Waals surface area contributed by atoms with Gasteiger partial charge in [-0.2, -0.15) is 0 Å². The lowest BCUT2D eigenvalue weighted by Crippen LogP contribution is -2.56. The summed E-state index contributed by atoms with van der Waals surface area (Å²) in [5.41, 5.74) is 0.806. The number of nitrogens with zero attached hydrogens (tertiary/aromatic N) is 3. The van der Waals surface area contributed by atoms with E-state index in [4.69, 9.17) is 14.2 Å². The number of piperidine rings is 1. The fourth-order valence-corrected chi connectivity index (χ4v) is 5.42. The largest absolute Gasteiger partial charge is 0.490 e. The molecule has 2 N–H and O–H groups in total. The molecular weight excluding hydrogens is 602 g/mol. The molecule has 47 heavy (non-hydrogen) atoms. The Bertz CT molecular complexity index is 1350. The van der Waals surface area contributed by atoms with Gasteiger partial charge in [0.1, 0.15) is 29.2 Å². The Morgan fingerprint density at radius 2 is 1.68 bits per heavy atom. The van der Waals surface area contributed by atoms with Crippen molar-refractivity contribution in [2.24, 2.45) is 0 Å². The predicted octanol–water partition coefficient (Wildman–Crippen LogP) is 4.18. The number of piperazine rings is 1. The van der Waals surface area contributed by atoms with Crippen LogP contribution in [0.2, 0.25) is 0 Å². The van der Waals surface area contributed by atoms with Gasteiger partial charge >= 0.3 is 12.1 Å². The van der Waals surface area contributed by atoms with Crippen molar-refractivity contribution in [3.63, 3.8) is 0 Å². The molecule has 0 radical (unpaired) electrons. The number of carbonyl (C=O) groups is 4. The summed E-state index contributed by atoms with van der Waals surface area (Å²) in [7, 11) is 0. The number of aromatic nitrogens is 1. The van der Waals surface area contributed by atoms with Crippen molar-refractivity contribution in [2.75, 3.05) is 45.9 Å². The van der Waals surface area contributed by atoms with Crippen LogP contribution >= 0.6 is 0 Å². The van der Waals surface area contributed by atoms with Crippen molar-refractivity contribution >= 4 is 23.9 Å². The van der Waals surface area contributed by atoms with E-state index in [1.807, 2.05) is 43.3 Å². The summed E-state index contributed by atoms with van der Waals surface area (Å²) in [6.45, 7) is 10.6. The fourth-order valence-electron chi connectivity index (χ4n) is 5.42. The molecule has 2 saturated heterocycles. The Balaban J connectivity index is 1.51. The topological polar surface area (TPSA) is 139 Å². The Morgan fingerprint density at radius 3 is 2.34 bits per heavy atom. The molecule has 0 unspecified atom stereocenters. The minimum atomic E-state index is -1.02. The Kier molecular flexibility index (Phi) is 13.0. The second kappa shape index (κ2) is 17.1. The number of esters is 1. The van der Waals surface area contributed by atoms with Crippen molar-refractivity contribution in [3.8, 4) is 17.0 Å². The van der Waals surface area contributed by atoms with Gasteiger partial charge in [-0.15, -0.1) is 0 Å². The van der Waals surface area contributed by atoms with Gasteiger partial charge in [0, 0.05) is 50.3 Å². The standard InChI is InChI=1S/C35H49N5O7/c1-5-6-22-45-34(44)40-20-18-39(19-21-40)33(43)28(12-13-31(41)47-35(2,3)4)38-32(42)30-24-27(46-26-14-16-36-17-15-26)23-29(37-30)25-10-8-7-9-11-25/h7-11,23-24,26,28,36H,5-6,12-22H2,1-4H3,(H,38,42)/t28-/m0/s1. The van der Waals surface area contributed by atoms with Crippen LogP contribution in [0.1, 0.15) is 76.7 Å². The van der Waals surface area contributed by atoms with Gasteiger partial charge in [0.15, 0.2) is 0 Å². The first-order valence-corrected chi connectivity index (χ1v) is 16.7. The number of ether oxygens (including phenoxy) is 3. The molecule has 4 rings (SSSR count). The normalized spacial score (nSPS) is 16.3. The van der Waals surface area contributed by atoms with Gasteiger partial charge in [0.25, 0.3) is 5.91 Å². The van der Waals surface area contributed by atoms with Gasteiger partial charge in [0.2, 0.25) is 5.91 Å². The monoisotopic (exact) mass is 651 g/mol. The minimum absolute atomic E-state index is 0.00364. The first-order valence-electron chi connectivity index (χ1n) is 16.7. The average Bonchev–Trinajstić information content (AvgIpc) is 3.06. The number of nitrogens with one attached hydrogen (secondary N) is 2. The number of rotatable bonds is 12. The molecule has 1 atom stereocenters. The van der Waals surface area contributed by atoms with Gasteiger partial charge in [-0.05, 0) is 59.5 Å². The molecule has 3 heterocycles. The third kappa shape index (κ3) is 11.2. The molecule has 2 aromatic rings. The van der Waals surface area contributed by atoms with E-state index in [1.165, 1.54) is 0 Å². The smallest absolute Gasteiger partial charge is 0.409 e. The average molecular weight is 652 g/mol. The van der Waals surface area contributed by atoms with E-state index in [2.05, 4.69) is 15.6 Å². The second-order valence-corrected chi connectivity index (χ2v) is 12.9. The summed E-state index contributed by atoms with van der Waals surface area (Å²) in [5.74, 6) is -0.842. The van der Waals surface area contributed by atoms with Gasteiger partial charge in [-0.3, -0.25) is 14.4 Å². The van der Waals surface area contributed by atoms with Crippen LogP contribution in [-0.4, -0.2) is 102 Å². The molecule has 1 aromatic heterocycles. The number of amides is 3. The van der Waals surface area contributed by atoms with Crippen LogP contribution in [0.3, 0.4) is 0 Å². The molecule has 256 valence electrons. The van der Waals surface area contributed by atoms with Crippen LogP contribution in [0, 0.1) is 0 Å². The quantitative estimate of drug-likeness (QED) is 0.256. The van der Waals surface area contributed by atoms with Crippen LogP contribution in [0.5, 0.6) is 5.75 Å². The number of pyridine rings is 1. The highest BCUT2D eigenvalue weighted by Gasteiger charge is 2.32. The molecule has 3 amide bonds. The lowest BCUT2D eigenvalue weighted by molar-refractivity contribution is -0.155. The van der Waals surface area contributed by atoms with Crippen LogP contribution in [0.4, 0.5) is 4.79 Å². The zero-order chi connectivity index (χ0) is 33.8. The van der Waals surface area contributed by atoms with Gasteiger partial charge in [-0.1, -0.05) is 43.7 Å². The number of hydrogen-bond donors (Lipinski definition) is 2. The van der Waals surface area contributed by atoms with Crippen LogP contribution < -0.4 is 15.4 Å². The maximum absolute atomic E-state index is 13.8. The molecule has 12 nitrogen and oxygen atoms in total. The third-order valence-electron chi connectivity index (χ3n) is 7.92. The summed E-state index contributed by atoms with van der Waals surface area (Å²) in [6.07, 6.45) is 2.97.